The van der Waals surface area contributed by atoms with Crippen LogP contribution in [0.2, 0.25) is 0 Å². The Balaban J connectivity index is 1.76. The summed E-state index contributed by atoms with van der Waals surface area (Å²) in [4.78, 5) is 1.40. The summed E-state index contributed by atoms with van der Waals surface area (Å²) in [6, 6.07) is 2.66. The molecular weight excluding hydrogens is 286 g/mol. The van der Waals surface area contributed by atoms with Gasteiger partial charge in [0.2, 0.25) is 0 Å². The van der Waals surface area contributed by atoms with Crippen molar-refractivity contribution in [3.63, 3.8) is 0 Å². The highest BCUT2D eigenvalue weighted by Crippen LogP contribution is 2.25. The number of hydrogen-bond donors (Lipinski definition) is 1. The minimum Gasteiger partial charge on any atom is -0.381 e. The maximum Gasteiger partial charge on any atom is 0.0469 e. The summed E-state index contributed by atoms with van der Waals surface area (Å²) in [5, 5.41) is 5.76. The fraction of sp³-hybridized carbons (Fsp3) is 0.667. The number of nitrogens with one attached hydrogen (secondary N) is 1. The zero-order chi connectivity index (χ0) is 11.4. The molecule has 1 saturated heterocycles. The van der Waals surface area contributed by atoms with Gasteiger partial charge in [0.15, 0.2) is 0 Å². The fourth-order valence-corrected chi connectivity index (χ4v) is 3.43. The molecule has 0 aliphatic carbocycles. The third-order valence-corrected chi connectivity index (χ3v) is 4.94. The first kappa shape index (κ1) is 12.6. The molecule has 1 fully saturated rings. The summed E-state index contributed by atoms with van der Waals surface area (Å²) in [6.07, 6.45) is 2.40. The van der Waals surface area contributed by atoms with Crippen LogP contribution < -0.4 is 5.32 Å². The molecule has 0 radical (unpaired) electrons. The van der Waals surface area contributed by atoms with Gasteiger partial charge in [-0.25, -0.2) is 0 Å². The van der Waals surface area contributed by atoms with Crippen LogP contribution in [-0.4, -0.2) is 19.8 Å². The zero-order valence-electron chi connectivity index (χ0n) is 9.54. The Morgan fingerprint density at radius 3 is 2.94 bits per heavy atom. The number of thiophene rings is 1. The van der Waals surface area contributed by atoms with Crippen LogP contribution in [0.25, 0.3) is 0 Å². The first-order valence-electron chi connectivity index (χ1n) is 5.81. The van der Waals surface area contributed by atoms with Gasteiger partial charge in [0.1, 0.15) is 0 Å². The molecule has 90 valence electrons. The number of halogens is 1. The lowest BCUT2D eigenvalue weighted by Crippen LogP contribution is -2.29. The third-order valence-electron chi connectivity index (χ3n) is 3.07. The minimum absolute atomic E-state index is 0.458. The van der Waals surface area contributed by atoms with E-state index in [9.17, 15) is 0 Å². The predicted molar refractivity (Wildman–Crippen MR) is 72.0 cm³/mol. The molecule has 1 N–H and O–H groups in total. The molecule has 16 heavy (non-hydrogen) atoms. The maximum atomic E-state index is 5.36. The first-order chi connectivity index (χ1) is 7.75. The van der Waals surface area contributed by atoms with E-state index < -0.39 is 0 Å². The summed E-state index contributed by atoms with van der Waals surface area (Å²) >= 11 is 5.30. The monoisotopic (exact) mass is 303 g/mol. The van der Waals surface area contributed by atoms with Gasteiger partial charge < -0.3 is 10.1 Å². The van der Waals surface area contributed by atoms with Gasteiger partial charge in [0.25, 0.3) is 0 Å². The van der Waals surface area contributed by atoms with Crippen molar-refractivity contribution in [3.8, 4) is 0 Å². The normalized spacial score (nSPS) is 19.9. The second kappa shape index (κ2) is 6.15. The van der Waals surface area contributed by atoms with Gasteiger partial charge in [-0.15, -0.1) is 11.3 Å². The molecule has 1 aliphatic heterocycles. The second-order valence-corrected chi connectivity index (χ2v) is 6.21. The average Bonchev–Trinajstić information content (AvgIpc) is 2.74. The zero-order valence-corrected chi connectivity index (χ0v) is 11.9. The quantitative estimate of drug-likeness (QED) is 0.918. The van der Waals surface area contributed by atoms with Crippen LogP contribution in [0.1, 0.15) is 30.7 Å². The van der Waals surface area contributed by atoms with Crippen LogP contribution in [0.15, 0.2) is 15.9 Å². The van der Waals surface area contributed by atoms with E-state index in [1.54, 1.807) is 0 Å². The molecule has 0 saturated carbocycles. The summed E-state index contributed by atoms with van der Waals surface area (Å²) in [7, 11) is 0. The van der Waals surface area contributed by atoms with Gasteiger partial charge in [-0.3, -0.25) is 0 Å². The van der Waals surface area contributed by atoms with E-state index in [1.165, 1.54) is 22.2 Å². The topological polar surface area (TPSA) is 21.3 Å². The van der Waals surface area contributed by atoms with Crippen LogP contribution in [0.4, 0.5) is 0 Å². The lowest BCUT2D eigenvalue weighted by atomic mass is 10.00. The van der Waals surface area contributed by atoms with Gasteiger partial charge >= 0.3 is 0 Å². The van der Waals surface area contributed by atoms with Gasteiger partial charge in [0.05, 0.1) is 0 Å². The summed E-state index contributed by atoms with van der Waals surface area (Å²) in [5.74, 6) is 0.791. The van der Waals surface area contributed by atoms with E-state index >= 15 is 0 Å². The Hall–Kier alpha value is 0.1000. The largest absolute Gasteiger partial charge is 0.381 e. The summed E-state index contributed by atoms with van der Waals surface area (Å²) < 4.78 is 6.55. The SMILES string of the molecule is CC(NCC1CCOCC1)c1cc(Br)cs1. The Bertz CT molecular complexity index is 323. The Morgan fingerprint density at radius 2 is 2.31 bits per heavy atom. The fourth-order valence-electron chi connectivity index (χ4n) is 1.95. The van der Waals surface area contributed by atoms with Crippen LogP contribution in [-0.2, 0) is 4.74 Å². The smallest absolute Gasteiger partial charge is 0.0469 e. The Morgan fingerprint density at radius 1 is 1.56 bits per heavy atom. The van der Waals surface area contributed by atoms with Crippen molar-refractivity contribution in [3.05, 3.63) is 20.8 Å². The molecule has 2 heterocycles. The van der Waals surface area contributed by atoms with Gasteiger partial charge in [-0.1, -0.05) is 0 Å². The highest BCUT2D eigenvalue weighted by Gasteiger charge is 2.15. The molecule has 1 unspecified atom stereocenters. The van der Waals surface area contributed by atoms with Crippen molar-refractivity contribution >= 4 is 27.3 Å². The predicted octanol–water partition coefficient (Wildman–Crippen LogP) is 3.59. The molecule has 1 aromatic heterocycles. The van der Waals surface area contributed by atoms with E-state index in [0.29, 0.717) is 6.04 Å². The van der Waals surface area contributed by atoms with E-state index in [-0.39, 0.29) is 0 Å². The van der Waals surface area contributed by atoms with Gasteiger partial charge in [-0.05, 0) is 54.2 Å². The molecule has 0 bridgehead atoms. The lowest BCUT2D eigenvalue weighted by Gasteiger charge is -2.24. The summed E-state index contributed by atoms with van der Waals surface area (Å²) in [5.41, 5.74) is 0. The molecule has 0 spiro atoms. The molecule has 4 heteroatoms. The minimum atomic E-state index is 0.458. The number of ether oxygens (including phenoxy) is 1. The first-order valence-corrected chi connectivity index (χ1v) is 7.48. The highest BCUT2D eigenvalue weighted by molar-refractivity contribution is 9.10. The van der Waals surface area contributed by atoms with Crippen LogP contribution in [0.3, 0.4) is 0 Å². The molecule has 1 aromatic rings. The summed E-state index contributed by atoms with van der Waals surface area (Å²) in [6.45, 7) is 5.22. The molecule has 0 amide bonds. The molecule has 2 nitrogen and oxygen atoms in total. The van der Waals surface area contributed by atoms with E-state index in [1.807, 2.05) is 11.3 Å². The van der Waals surface area contributed by atoms with E-state index in [4.69, 9.17) is 4.74 Å². The molecule has 0 aromatic carbocycles. The lowest BCUT2D eigenvalue weighted by molar-refractivity contribution is 0.0656. The standard InChI is InChI=1S/C12H18BrNOS/c1-9(12-6-11(13)8-16-12)14-7-10-2-4-15-5-3-10/h6,8-10,14H,2-5,7H2,1H3. The third kappa shape index (κ3) is 3.55. The molecular formula is C12H18BrNOS. The Labute approximate surface area is 110 Å². The van der Waals surface area contributed by atoms with Crippen molar-refractivity contribution < 1.29 is 4.74 Å². The van der Waals surface area contributed by atoms with Crippen molar-refractivity contribution in [2.45, 2.75) is 25.8 Å². The van der Waals surface area contributed by atoms with Gasteiger partial charge in [0, 0.05) is 34.0 Å². The van der Waals surface area contributed by atoms with Crippen LogP contribution >= 0.6 is 27.3 Å². The maximum absolute atomic E-state index is 5.36. The number of hydrogen-bond acceptors (Lipinski definition) is 3. The van der Waals surface area contributed by atoms with Gasteiger partial charge in [-0.2, -0.15) is 0 Å². The Kier molecular flexibility index (Phi) is 4.82. The van der Waals surface area contributed by atoms with Crippen molar-refractivity contribution in [2.75, 3.05) is 19.8 Å². The molecule has 1 atom stereocenters. The van der Waals surface area contributed by atoms with E-state index in [0.717, 1.165) is 25.7 Å². The van der Waals surface area contributed by atoms with Crippen molar-refractivity contribution in [1.82, 2.24) is 5.32 Å². The van der Waals surface area contributed by atoms with Crippen molar-refractivity contribution in [1.29, 1.82) is 0 Å². The van der Waals surface area contributed by atoms with Crippen LogP contribution in [0.5, 0.6) is 0 Å². The second-order valence-electron chi connectivity index (χ2n) is 4.35. The van der Waals surface area contributed by atoms with E-state index in [2.05, 4.69) is 39.6 Å². The number of rotatable bonds is 4. The van der Waals surface area contributed by atoms with Crippen molar-refractivity contribution in [2.24, 2.45) is 5.92 Å². The molecule has 2 rings (SSSR count). The molecule has 1 aliphatic rings. The highest BCUT2D eigenvalue weighted by atomic mass is 79.9. The average molecular weight is 304 g/mol. The van der Waals surface area contributed by atoms with Crippen LogP contribution in [0, 0.1) is 5.92 Å².